The van der Waals surface area contributed by atoms with E-state index in [9.17, 15) is 32.3 Å². The molecule has 3 rings (SSSR count). The number of carbonyl (C=O) groups excluding carboxylic acids is 4. The first-order valence-electron chi connectivity index (χ1n) is 10.7. The third kappa shape index (κ3) is 8.21. The average Bonchev–Trinajstić information content (AvgIpc) is 3.39. The van der Waals surface area contributed by atoms with Crippen LogP contribution in [0.2, 0.25) is 5.02 Å². The maximum Gasteiger partial charge on any atom is 0.416 e. The molecular formula is C25H19ClF3NO7. The van der Waals surface area contributed by atoms with Crippen LogP contribution < -0.4 is 10.1 Å². The van der Waals surface area contributed by atoms with Gasteiger partial charge in [-0.1, -0.05) is 11.6 Å². The van der Waals surface area contributed by atoms with Crippen molar-refractivity contribution in [1.82, 2.24) is 0 Å². The number of benzene rings is 2. The van der Waals surface area contributed by atoms with Crippen LogP contribution in [0, 0.1) is 0 Å². The van der Waals surface area contributed by atoms with Gasteiger partial charge in [0.1, 0.15) is 5.75 Å². The Morgan fingerprint density at radius 1 is 0.973 bits per heavy atom. The smallest absolute Gasteiger partial charge is 0.416 e. The van der Waals surface area contributed by atoms with Crippen molar-refractivity contribution in [3.63, 3.8) is 0 Å². The quantitative estimate of drug-likeness (QED) is 0.200. The van der Waals surface area contributed by atoms with Gasteiger partial charge >= 0.3 is 18.1 Å². The van der Waals surface area contributed by atoms with Crippen LogP contribution in [0.5, 0.6) is 5.75 Å². The second-order valence-electron chi connectivity index (χ2n) is 7.57. The highest BCUT2D eigenvalue weighted by Gasteiger charge is 2.31. The molecule has 1 aromatic heterocycles. The molecule has 0 fully saturated rings. The van der Waals surface area contributed by atoms with E-state index in [1.165, 1.54) is 42.7 Å². The zero-order valence-electron chi connectivity index (χ0n) is 19.0. The van der Waals surface area contributed by atoms with Crippen LogP contribution in [0.1, 0.15) is 45.7 Å². The van der Waals surface area contributed by atoms with E-state index in [4.69, 9.17) is 25.5 Å². The predicted octanol–water partition coefficient (Wildman–Crippen LogP) is 5.71. The number of esters is 2. The molecule has 3 aromatic rings. The van der Waals surface area contributed by atoms with E-state index in [1.807, 2.05) is 0 Å². The molecule has 0 aliphatic carbocycles. The predicted molar refractivity (Wildman–Crippen MR) is 124 cm³/mol. The van der Waals surface area contributed by atoms with Gasteiger partial charge in [0.05, 0.1) is 22.5 Å². The minimum absolute atomic E-state index is 0.0176. The number of halogens is 4. The second kappa shape index (κ2) is 12.2. The standard InChI is InChI=1S/C25H19ClF3NO7/c26-18-11-8-16(25(27,28)29)13-19(18)30-22(32)4-1-5-23(33)36-14-20(31)15-6-9-17(10-7-15)37-24(34)21-3-2-12-35-21/h2-3,6-13H,1,4-5,14H2,(H,30,32). The number of ether oxygens (including phenoxy) is 2. The topological polar surface area (TPSA) is 112 Å². The normalized spacial score (nSPS) is 11.0. The summed E-state index contributed by atoms with van der Waals surface area (Å²) in [5, 5.41) is 2.21. The first kappa shape index (κ1) is 27.5. The van der Waals surface area contributed by atoms with Gasteiger partial charge in [-0.05, 0) is 61.0 Å². The summed E-state index contributed by atoms with van der Waals surface area (Å²) in [4.78, 5) is 48.0. The molecular weight excluding hydrogens is 519 g/mol. The van der Waals surface area contributed by atoms with Crippen LogP contribution >= 0.6 is 11.6 Å². The second-order valence-corrected chi connectivity index (χ2v) is 7.98. The molecule has 0 radical (unpaired) electrons. The fourth-order valence-electron chi connectivity index (χ4n) is 2.97. The van der Waals surface area contributed by atoms with E-state index in [-0.39, 0.29) is 47.0 Å². The highest BCUT2D eigenvalue weighted by atomic mass is 35.5. The number of furan rings is 1. The molecule has 0 unspecified atom stereocenters. The van der Waals surface area contributed by atoms with Crippen LogP contribution in [0.15, 0.2) is 65.3 Å². The molecule has 0 saturated carbocycles. The number of amides is 1. The van der Waals surface area contributed by atoms with Gasteiger partial charge in [0, 0.05) is 18.4 Å². The lowest BCUT2D eigenvalue weighted by atomic mass is 10.1. The number of alkyl halides is 3. The van der Waals surface area contributed by atoms with E-state index in [1.54, 1.807) is 0 Å². The number of nitrogens with one attached hydrogen (secondary N) is 1. The molecule has 1 heterocycles. The maximum atomic E-state index is 12.8. The number of anilines is 1. The van der Waals surface area contributed by atoms with Gasteiger partial charge in [-0.15, -0.1) is 0 Å². The van der Waals surface area contributed by atoms with Crippen LogP contribution in [-0.2, 0) is 20.5 Å². The van der Waals surface area contributed by atoms with Gasteiger partial charge in [-0.3, -0.25) is 14.4 Å². The highest BCUT2D eigenvalue weighted by molar-refractivity contribution is 6.33. The van der Waals surface area contributed by atoms with E-state index in [0.717, 1.165) is 18.2 Å². The molecule has 1 N–H and O–H groups in total. The summed E-state index contributed by atoms with van der Waals surface area (Å²) in [5.41, 5.74) is -0.954. The summed E-state index contributed by atoms with van der Waals surface area (Å²) in [5.74, 6) is -2.39. The largest absolute Gasteiger partial charge is 0.457 e. The van der Waals surface area contributed by atoms with Gasteiger partial charge in [-0.2, -0.15) is 13.2 Å². The van der Waals surface area contributed by atoms with Crippen molar-refractivity contribution in [1.29, 1.82) is 0 Å². The Labute approximate surface area is 213 Å². The number of Topliss-reactive ketones (excluding diaryl/α,β-unsaturated/α-hetero) is 1. The molecule has 2 aromatic carbocycles. The summed E-state index contributed by atoms with van der Waals surface area (Å²) in [6.45, 7) is -0.545. The molecule has 37 heavy (non-hydrogen) atoms. The summed E-state index contributed by atoms with van der Waals surface area (Å²) < 4.78 is 53.4. The molecule has 194 valence electrons. The van der Waals surface area contributed by atoms with E-state index in [0.29, 0.717) is 0 Å². The Balaban J connectivity index is 1.39. The summed E-state index contributed by atoms with van der Waals surface area (Å²) in [7, 11) is 0. The van der Waals surface area contributed by atoms with Crippen molar-refractivity contribution in [2.75, 3.05) is 11.9 Å². The van der Waals surface area contributed by atoms with Crippen LogP contribution in [0.3, 0.4) is 0 Å². The molecule has 0 spiro atoms. The number of rotatable bonds is 10. The van der Waals surface area contributed by atoms with Crippen molar-refractivity contribution in [3.8, 4) is 5.75 Å². The maximum absolute atomic E-state index is 12.8. The monoisotopic (exact) mass is 537 g/mol. The van der Waals surface area contributed by atoms with Crippen LogP contribution in [-0.4, -0.2) is 30.2 Å². The van der Waals surface area contributed by atoms with Gasteiger partial charge in [0.2, 0.25) is 11.7 Å². The molecule has 0 bridgehead atoms. The molecule has 8 nitrogen and oxygen atoms in total. The molecule has 0 aliphatic heterocycles. The third-order valence-corrected chi connectivity index (χ3v) is 5.16. The zero-order chi connectivity index (χ0) is 27.0. The Bertz CT molecular complexity index is 1270. The van der Waals surface area contributed by atoms with Crippen molar-refractivity contribution < 1.29 is 46.2 Å². The van der Waals surface area contributed by atoms with E-state index < -0.39 is 42.0 Å². The Kier molecular flexibility index (Phi) is 9.07. The van der Waals surface area contributed by atoms with Crippen molar-refractivity contribution in [3.05, 3.63) is 82.8 Å². The minimum Gasteiger partial charge on any atom is -0.457 e. The van der Waals surface area contributed by atoms with Crippen molar-refractivity contribution in [2.24, 2.45) is 0 Å². The fraction of sp³-hybridized carbons (Fsp3) is 0.200. The Morgan fingerprint density at radius 2 is 1.70 bits per heavy atom. The van der Waals surface area contributed by atoms with Gasteiger partial charge in [0.25, 0.3) is 0 Å². The summed E-state index contributed by atoms with van der Waals surface area (Å²) in [6, 6.07) is 11.1. The molecule has 0 atom stereocenters. The summed E-state index contributed by atoms with van der Waals surface area (Å²) >= 11 is 5.83. The first-order valence-corrected chi connectivity index (χ1v) is 11.1. The first-order chi connectivity index (χ1) is 17.5. The van der Waals surface area contributed by atoms with Gasteiger partial charge < -0.3 is 19.2 Å². The molecule has 0 saturated heterocycles. The van der Waals surface area contributed by atoms with Gasteiger partial charge in [0.15, 0.2) is 12.4 Å². The fourth-order valence-corrected chi connectivity index (χ4v) is 3.13. The molecule has 12 heteroatoms. The lowest BCUT2D eigenvalue weighted by Crippen LogP contribution is -2.16. The van der Waals surface area contributed by atoms with Crippen molar-refractivity contribution in [2.45, 2.75) is 25.4 Å². The zero-order valence-corrected chi connectivity index (χ0v) is 19.7. The average molecular weight is 538 g/mol. The minimum atomic E-state index is -4.60. The highest BCUT2D eigenvalue weighted by Crippen LogP contribution is 2.33. The van der Waals surface area contributed by atoms with Crippen LogP contribution in [0.4, 0.5) is 18.9 Å². The Morgan fingerprint density at radius 3 is 2.35 bits per heavy atom. The van der Waals surface area contributed by atoms with Gasteiger partial charge in [-0.25, -0.2) is 4.79 Å². The van der Waals surface area contributed by atoms with E-state index >= 15 is 0 Å². The molecule has 1 amide bonds. The SMILES string of the molecule is O=C(CCCC(=O)OCC(=O)c1ccc(OC(=O)c2ccco2)cc1)Nc1cc(C(F)(F)F)ccc1Cl. The number of hydrogen-bond donors (Lipinski definition) is 1. The number of ketones is 1. The lowest BCUT2D eigenvalue weighted by molar-refractivity contribution is -0.142. The number of hydrogen-bond acceptors (Lipinski definition) is 7. The lowest BCUT2D eigenvalue weighted by Gasteiger charge is -2.11. The van der Waals surface area contributed by atoms with E-state index in [2.05, 4.69) is 5.32 Å². The van der Waals surface area contributed by atoms with Crippen LogP contribution in [0.25, 0.3) is 0 Å². The Hall–Kier alpha value is -4.12. The molecule has 0 aliphatic rings. The van der Waals surface area contributed by atoms with Crippen molar-refractivity contribution >= 4 is 40.9 Å². The number of carbonyl (C=O) groups is 4. The summed E-state index contributed by atoms with van der Waals surface area (Å²) in [6.07, 6.45) is -3.62. The third-order valence-electron chi connectivity index (χ3n) is 4.83.